The first-order valence-electron chi connectivity index (χ1n) is 10.4. The second kappa shape index (κ2) is 9.23. The third-order valence-corrected chi connectivity index (χ3v) is 7.72. The van der Waals surface area contributed by atoms with Crippen molar-refractivity contribution in [2.24, 2.45) is 0 Å². The number of amides is 1. The molecule has 0 radical (unpaired) electrons. The van der Waals surface area contributed by atoms with Crippen LogP contribution < -0.4 is 0 Å². The van der Waals surface area contributed by atoms with E-state index >= 15 is 0 Å². The number of sulfonamides is 1. The van der Waals surface area contributed by atoms with Crippen molar-refractivity contribution in [3.05, 3.63) is 24.5 Å². The molecule has 0 aliphatic carbocycles. The fourth-order valence-electron chi connectivity index (χ4n) is 3.78. The Kier molecular flexibility index (Phi) is 6.92. The van der Waals surface area contributed by atoms with Crippen LogP contribution in [-0.2, 0) is 21.4 Å². The van der Waals surface area contributed by atoms with Gasteiger partial charge in [0.15, 0.2) is 0 Å². The van der Waals surface area contributed by atoms with Crippen molar-refractivity contribution < 1.29 is 13.2 Å². The molecule has 9 heteroatoms. The number of benzene rings is 1. The predicted octanol–water partition coefficient (Wildman–Crippen LogP) is 1.62. The Labute approximate surface area is 173 Å². The maximum Gasteiger partial charge on any atom is 0.243 e. The molecule has 1 aliphatic heterocycles. The number of fused-ring (bicyclic) bond motifs is 1. The van der Waals surface area contributed by atoms with Crippen molar-refractivity contribution >= 4 is 27.0 Å². The summed E-state index contributed by atoms with van der Waals surface area (Å²) in [7, 11) is -3.51. The molecule has 8 nitrogen and oxygen atoms in total. The highest BCUT2D eigenvalue weighted by molar-refractivity contribution is 7.89. The lowest BCUT2D eigenvalue weighted by Gasteiger charge is -2.34. The van der Waals surface area contributed by atoms with Gasteiger partial charge in [0.25, 0.3) is 0 Å². The Morgan fingerprint density at radius 1 is 1.10 bits per heavy atom. The average molecular weight is 422 g/mol. The van der Waals surface area contributed by atoms with Crippen molar-refractivity contribution in [3.63, 3.8) is 0 Å². The van der Waals surface area contributed by atoms with Crippen molar-refractivity contribution in [2.45, 2.75) is 38.6 Å². The second-order valence-electron chi connectivity index (χ2n) is 7.24. The predicted molar refractivity (Wildman–Crippen MR) is 113 cm³/mol. The lowest BCUT2D eigenvalue weighted by atomic mass is 10.2. The fourth-order valence-corrected chi connectivity index (χ4v) is 5.26. The van der Waals surface area contributed by atoms with Crippen LogP contribution in [0.15, 0.2) is 29.4 Å². The van der Waals surface area contributed by atoms with Gasteiger partial charge in [-0.05, 0) is 24.7 Å². The van der Waals surface area contributed by atoms with Crippen molar-refractivity contribution in [3.8, 4) is 0 Å². The highest BCUT2D eigenvalue weighted by atomic mass is 32.2. The molecule has 1 aliphatic rings. The van der Waals surface area contributed by atoms with Gasteiger partial charge < -0.3 is 14.4 Å². The molecule has 2 aromatic rings. The van der Waals surface area contributed by atoms with E-state index < -0.39 is 10.0 Å². The van der Waals surface area contributed by atoms with Crippen LogP contribution in [0.2, 0.25) is 0 Å². The summed E-state index contributed by atoms with van der Waals surface area (Å²) in [6, 6.07) is 5.02. The molecule has 0 bridgehead atoms. The van der Waals surface area contributed by atoms with Crippen LogP contribution in [0.4, 0.5) is 0 Å². The summed E-state index contributed by atoms with van der Waals surface area (Å²) in [5.74, 6) is 0.156. The molecule has 160 valence electrons. The van der Waals surface area contributed by atoms with Crippen LogP contribution in [0, 0.1) is 0 Å². The number of hydrogen-bond donors (Lipinski definition) is 0. The molecule has 1 saturated heterocycles. The SMILES string of the molecule is CCN1CCN(C(=O)CCn2cnc3cc(S(=O)(=O)N(CC)CC)ccc32)CC1. The highest BCUT2D eigenvalue weighted by Crippen LogP contribution is 2.21. The number of aryl methyl sites for hydroxylation is 1. The smallest absolute Gasteiger partial charge is 0.243 e. The number of hydrogen-bond acceptors (Lipinski definition) is 5. The molecule has 0 atom stereocenters. The third kappa shape index (κ3) is 4.62. The highest BCUT2D eigenvalue weighted by Gasteiger charge is 2.23. The van der Waals surface area contributed by atoms with E-state index in [1.165, 1.54) is 4.31 Å². The minimum atomic E-state index is -3.51. The molecule has 0 N–H and O–H groups in total. The van der Waals surface area contributed by atoms with E-state index in [9.17, 15) is 13.2 Å². The minimum Gasteiger partial charge on any atom is -0.340 e. The summed E-state index contributed by atoms with van der Waals surface area (Å²) in [6.45, 7) is 11.6. The first kappa shape index (κ1) is 21.7. The van der Waals surface area contributed by atoms with Crippen LogP contribution in [-0.4, -0.2) is 83.8 Å². The second-order valence-corrected chi connectivity index (χ2v) is 9.18. The van der Waals surface area contributed by atoms with Crippen molar-refractivity contribution in [1.29, 1.82) is 0 Å². The van der Waals surface area contributed by atoms with E-state index in [0.717, 1.165) is 38.2 Å². The van der Waals surface area contributed by atoms with Crippen molar-refractivity contribution in [2.75, 3.05) is 45.8 Å². The number of nitrogens with zero attached hydrogens (tertiary/aromatic N) is 5. The van der Waals surface area contributed by atoms with Gasteiger partial charge in [0, 0.05) is 52.2 Å². The third-order valence-electron chi connectivity index (χ3n) is 5.67. The average Bonchev–Trinajstić information content (AvgIpc) is 3.15. The number of aromatic nitrogens is 2. The Hall–Kier alpha value is -1.97. The monoisotopic (exact) mass is 421 g/mol. The number of carbonyl (C=O) groups excluding carboxylic acids is 1. The quantitative estimate of drug-likeness (QED) is 0.647. The van der Waals surface area contributed by atoms with E-state index in [1.807, 2.05) is 23.3 Å². The topological polar surface area (TPSA) is 78.8 Å². The van der Waals surface area contributed by atoms with Crippen LogP contribution in [0.1, 0.15) is 27.2 Å². The normalized spacial score (nSPS) is 16.1. The lowest BCUT2D eigenvalue weighted by Crippen LogP contribution is -2.48. The Bertz CT molecular complexity index is 944. The van der Waals surface area contributed by atoms with Crippen molar-refractivity contribution in [1.82, 2.24) is 23.7 Å². The summed E-state index contributed by atoms with van der Waals surface area (Å²) in [6.07, 6.45) is 2.10. The molecule has 1 aromatic heterocycles. The molecular weight excluding hydrogens is 390 g/mol. The Morgan fingerprint density at radius 3 is 2.41 bits per heavy atom. The van der Waals surface area contributed by atoms with Gasteiger partial charge in [-0.25, -0.2) is 13.4 Å². The number of imidazole rings is 1. The molecule has 3 rings (SSSR count). The van der Waals surface area contributed by atoms with E-state index in [4.69, 9.17) is 0 Å². The first-order chi connectivity index (χ1) is 13.9. The van der Waals surface area contributed by atoms with E-state index in [2.05, 4.69) is 16.8 Å². The first-order valence-corrected chi connectivity index (χ1v) is 11.8. The summed E-state index contributed by atoms with van der Waals surface area (Å²) in [4.78, 5) is 21.4. The van der Waals surface area contributed by atoms with Gasteiger partial charge >= 0.3 is 0 Å². The summed E-state index contributed by atoms with van der Waals surface area (Å²) in [5.41, 5.74) is 1.47. The zero-order valence-electron chi connectivity index (χ0n) is 17.5. The minimum absolute atomic E-state index is 0.156. The van der Waals surface area contributed by atoms with Gasteiger partial charge in [-0.2, -0.15) is 4.31 Å². The number of likely N-dealkylation sites (N-methyl/N-ethyl adjacent to an activating group) is 1. The van der Waals surface area contributed by atoms with Gasteiger partial charge in [-0.1, -0.05) is 20.8 Å². The van der Waals surface area contributed by atoms with E-state index in [-0.39, 0.29) is 10.8 Å². The van der Waals surface area contributed by atoms with Gasteiger partial charge in [0.05, 0.1) is 22.3 Å². The zero-order valence-corrected chi connectivity index (χ0v) is 18.4. The standard InChI is InChI=1S/C20H31N5O3S/c1-4-22-11-13-23(14-12-22)20(26)9-10-24-16-21-18-15-17(7-8-19(18)24)29(27,28)25(5-2)6-3/h7-8,15-16H,4-6,9-14H2,1-3H3. The summed E-state index contributed by atoms with van der Waals surface area (Å²) in [5, 5.41) is 0. The molecule has 0 saturated carbocycles. The van der Waals surface area contributed by atoms with Crippen LogP contribution in [0.5, 0.6) is 0 Å². The van der Waals surface area contributed by atoms with Gasteiger partial charge in [-0.3, -0.25) is 4.79 Å². The molecule has 29 heavy (non-hydrogen) atoms. The maximum absolute atomic E-state index is 12.7. The van der Waals surface area contributed by atoms with Gasteiger partial charge in [-0.15, -0.1) is 0 Å². The van der Waals surface area contributed by atoms with Crippen LogP contribution in [0.25, 0.3) is 11.0 Å². The fraction of sp³-hybridized carbons (Fsp3) is 0.600. The molecule has 1 fully saturated rings. The largest absolute Gasteiger partial charge is 0.340 e. The summed E-state index contributed by atoms with van der Waals surface area (Å²) < 4.78 is 28.8. The molecule has 0 unspecified atom stereocenters. The molecule has 1 amide bonds. The Morgan fingerprint density at radius 2 is 1.79 bits per heavy atom. The van der Waals surface area contributed by atoms with Crippen LogP contribution >= 0.6 is 0 Å². The molecular formula is C20H31N5O3S. The van der Waals surface area contributed by atoms with E-state index in [0.29, 0.717) is 31.6 Å². The number of carbonyl (C=O) groups is 1. The maximum atomic E-state index is 12.7. The molecule has 1 aromatic carbocycles. The summed E-state index contributed by atoms with van der Waals surface area (Å²) >= 11 is 0. The number of rotatable bonds is 8. The van der Waals surface area contributed by atoms with Crippen LogP contribution in [0.3, 0.4) is 0 Å². The Balaban J connectivity index is 1.68. The zero-order chi connectivity index (χ0) is 21.0. The molecule has 2 heterocycles. The van der Waals surface area contributed by atoms with E-state index in [1.54, 1.807) is 24.5 Å². The molecule has 0 spiro atoms. The van der Waals surface area contributed by atoms with Gasteiger partial charge in [0.1, 0.15) is 0 Å². The number of piperazine rings is 1. The van der Waals surface area contributed by atoms with Gasteiger partial charge in [0.2, 0.25) is 15.9 Å². The lowest BCUT2D eigenvalue weighted by molar-refractivity contribution is -0.133.